The van der Waals surface area contributed by atoms with Gasteiger partial charge in [0.25, 0.3) is 0 Å². The zero-order chi connectivity index (χ0) is 16.4. The fourth-order valence-corrected chi connectivity index (χ4v) is 3.12. The lowest BCUT2D eigenvalue weighted by Gasteiger charge is -2.30. The third-order valence-corrected chi connectivity index (χ3v) is 4.57. The first-order chi connectivity index (χ1) is 11.1. The summed E-state index contributed by atoms with van der Waals surface area (Å²) in [4.78, 5) is 28.7. The molecule has 0 saturated carbocycles. The van der Waals surface area contributed by atoms with Crippen molar-refractivity contribution < 1.29 is 14.3 Å². The van der Waals surface area contributed by atoms with Gasteiger partial charge in [-0.15, -0.1) is 0 Å². The van der Waals surface area contributed by atoms with E-state index in [2.05, 4.69) is 4.98 Å². The van der Waals surface area contributed by atoms with Gasteiger partial charge < -0.3 is 20.4 Å². The fourth-order valence-electron chi connectivity index (χ4n) is 3.12. The van der Waals surface area contributed by atoms with Gasteiger partial charge in [0.2, 0.25) is 11.8 Å². The lowest BCUT2D eigenvalue weighted by atomic mass is 9.96. The minimum Gasteiger partial charge on any atom is -0.497 e. The molecule has 2 aromatic rings. The number of methoxy groups -OCH3 is 1. The molecule has 0 spiro atoms. The molecule has 3 N–H and O–H groups in total. The number of ether oxygens (including phenoxy) is 1. The van der Waals surface area contributed by atoms with Gasteiger partial charge in [-0.1, -0.05) is 0 Å². The summed E-state index contributed by atoms with van der Waals surface area (Å²) in [5, 5.41) is 1.00. The summed E-state index contributed by atoms with van der Waals surface area (Å²) in [7, 11) is 1.63. The number of H-pyrrole nitrogens is 1. The Morgan fingerprint density at radius 3 is 2.74 bits per heavy atom. The van der Waals surface area contributed by atoms with Crippen LogP contribution in [0.4, 0.5) is 0 Å². The Hall–Kier alpha value is -2.50. The highest BCUT2D eigenvalue weighted by Gasteiger charge is 2.26. The third kappa shape index (κ3) is 3.16. The van der Waals surface area contributed by atoms with E-state index in [9.17, 15) is 9.59 Å². The summed E-state index contributed by atoms with van der Waals surface area (Å²) in [5.74, 6) is 0.488. The number of likely N-dealkylation sites (tertiary alicyclic amines) is 1. The van der Waals surface area contributed by atoms with Crippen molar-refractivity contribution in [2.45, 2.75) is 19.3 Å². The van der Waals surface area contributed by atoms with Crippen LogP contribution >= 0.6 is 0 Å². The molecule has 23 heavy (non-hydrogen) atoms. The predicted molar refractivity (Wildman–Crippen MR) is 87.1 cm³/mol. The predicted octanol–water partition coefficient (Wildman–Crippen LogP) is 1.44. The Labute approximate surface area is 134 Å². The molecule has 1 aromatic heterocycles. The molecule has 1 aliphatic rings. The Kier molecular flexibility index (Phi) is 4.23. The van der Waals surface area contributed by atoms with Gasteiger partial charge in [0, 0.05) is 36.1 Å². The summed E-state index contributed by atoms with van der Waals surface area (Å²) in [6.07, 6.45) is 3.53. The van der Waals surface area contributed by atoms with Crippen LogP contribution in [0.3, 0.4) is 0 Å². The molecule has 6 heteroatoms. The zero-order valence-corrected chi connectivity index (χ0v) is 13.2. The van der Waals surface area contributed by atoms with Crippen molar-refractivity contribution in [2.24, 2.45) is 11.7 Å². The van der Waals surface area contributed by atoms with Crippen LogP contribution in [0.2, 0.25) is 0 Å². The number of aromatic amines is 1. The molecule has 1 fully saturated rings. The largest absolute Gasteiger partial charge is 0.497 e. The normalized spacial score (nSPS) is 15.8. The van der Waals surface area contributed by atoms with Gasteiger partial charge in [-0.25, -0.2) is 0 Å². The van der Waals surface area contributed by atoms with Crippen molar-refractivity contribution in [1.29, 1.82) is 0 Å². The highest BCUT2D eigenvalue weighted by molar-refractivity contribution is 5.90. The van der Waals surface area contributed by atoms with Gasteiger partial charge in [-0.05, 0) is 36.6 Å². The average molecular weight is 315 g/mol. The Balaban J connectivity index is 1.70. The number of nitrogens with zero attached hydrogens (tertiary/aromatic N) is 1. The molecule has 122 valence electrons. The maximum absolute atomic E-state index is 12.5. The Bertz CT molecular complexity index is 730. The third-order valence-electron chi connectivity index (χ3n) is 4.57. The van der Waals surface area contributed by atoms with Crippen LogP contribution in [-0.4, -0.2) is 41.9 Å². The summed E-state index contributed by atoms with van der Waals surface area (Å²) in [6, 6.07) is 5.77. The molecule has 6 nitrogen and oxygen atoms in total. The number of primary amides is 1. The first-order valence-corrected chi connectivity index (χ1v) is 7.79. The molecule has 0 radical (unpaired) electrons. The van der Waals surface area contributed by atoms with Gasteiger partial charge >= 0.3 is 0 Å². The second-order valence-electron chi connectivity index (χ2n) is 5.96. The van der Waals surface area contributed by atoms with E-state index in [4.69, 9.17) is 10.5 Å². The number of carbonyl (C=O) groups is 2. The highest BCUT2D eigenvalue weighted by atomic mass is 16.5. The number of rotatable bonds is 4. The molecule has 0 aliphatic carbocycles. The monoisotopic (exact) mass is 315 g/mol. The van der Waals surface area contributed by atoms with E-state index in [-0.39, 0.29) is 17.7 Å². The van der Waals surface area contributed by atoms with Crippen LogP contribution in [0.25, 0.3) is 10.9 Å². The molecule has 1 saturated heterocycles. The Morgan fingerprint density at radius 2 is 2.09 bits per heavy atom. The van der Waals surface area contributed by atoms with Crippen molar-refractivity contribution >= 4 is 22.7 Å². The van der Waals surface area contributed by atoms with E-state index in [1.54, 1.807) is 7.11 Å². The molecule has 2 amide bonds. The maximum Gasteiger partial charge on any atom is 0.227 e. The minimum absolute atomic E-state index is 0.0802. The molecular formula is C17H21N3O3. The SMILES string of the molecule is COc1ccc2[nH]cc(CC(=O)N3CCC(C(N)=O)CC3)c2c1. The van der Waals surface area contributed by atoms with Crippen molar-refractivity contribution in [3.63, 3.8) is 0 Å². The van der Waals surface area contributed by atoms with Crippen LogP contribution in [0.5, 0.6) is 5.75 Å². The summed E-state index contributed by atoms with van der Waals surface area (Å²) >= 11 is 0. The van der Waals surface area contributed by atoms with Gasteiger partial charge in [0.05, 0.1) is 13.5 Å². The van der Waals surface area contributed by atoms with Crippen LogP contribution in [0, 0.1) is 5.92 Å². The number of nitrogens with two attached hydrogens (primary N) is 1. The number of nitrogens with one attached hydrogen (secondary N) is 1. The molecule has 2 heterocycles. The van der Waals surface area contributed by atoms with Crippen molar-refractivity contribution in [1.82, 2.24) is 9.88 Å². The minimum atomic E-state index is -0.263. The number of aromatic nitrogens is 1. The zero-order valence-electron chi connectivity index (χ0n) is 13.2. The van der Waals surface area contributed by atoms with E-state index in [1.807, 2.05) is 29.3 Å². The van der Waals surface area contributed by atoms with Crippen LogP contribution in [0.1, 0.15) is 18.4 Å². The number of hydrogen-bond donors (Lipinski definition) is 2. The number of fused-ring (bicyclic) bond motifs is 1. The van der Waals surface area contributed by atoms with Crippen LogP contribution in [0.15, 0.2) is 24.4 Å². The van der Waals surface area contributed by atoms with Crippen molar-refractivity contribution in [3.8, 4) is 5.75 Å². The smallest absolute Gasteiger partial charge is 0.227 e. The van der Waals surface area contributed by atoms with E-state index in [0.717, 1.165) is 22.2 Å². The highest BCUT2D eigenvalue weighted by Crippen LogP contribution is 2.25. The van der Waals surface area contributed by atoms with E-state index in [1.165, 1.54) is 0 Å². The lowest BCUT2D eigenvalue weighted by Crippen LogP contribution is -2.42. The van der Waals surface area contributed by atoms with Gasteiger partial charge in [0.1, 0.15) is 5.75 Å². The second-order valence-corrected chi connectivity index (χ2v) is 5.96. The molecule has 1 aliphatic heterocycles. The molecule has 1 aromatic carbocycles. The molecule has 3 rings (SSSR count). The quantitative estimate of drug-likeness (QED) is 0.895. The number of amides is 2. The first-order valence-electron chi connectivity index (χ1n) is 7.79. The molecular weight excluding hydrogens is 294 g/mol. The van der Waals surface area contributed by atoms with Gasteiger partial charge in [-0.2, -0.15) is 0 Å². The maximum atomic E-state index is 12.5. The van der Waals surface area contributed by atoms with Gasteiger partial charge in [-0.3, -0.25) is 9.59 Å². The van der Waals surface area contributed by atoms with E-state index >= 15 is 0 Å². The summed E-state index contributed by atoms with van der Waals surface area (Å²) < 4.78 is 5.25. The molecule has 0 unspecified atom stereocenters. The average Bonchev–Trinajstić information content (AvgIpc) is 2.97. The molecule has 0 bridgehead atoms. The summed E-state index contributed by atoms with van der Waals surface area (Å²) in [6.45, 7) is 1.19. The summed E-state index contributed by atoms with van der Waals surface area (Å²) in [5.41, 5.74) is 7.28. The lowest BCUT2D eigenvalue weighted by molar-refractivity contribution is -0.134. The number of piperidine rings is 1. The van der Waals surface area contributed by atoms with Gasteiger partial charge in [0.15, 0.2) is 0 Å². The van der Waals surface area contributed by atoms with E-state index in [0.29, 0.717) is 32.4 Å². The fraction of sp³-hybridized carbons (Fsp3) is 0.412. The van der Waals surface area contributed by atoms with E-state index < -0.39 is 0 Å². The van der Waals surface area contributed by atoms with Crippen LogP contribution < -0.4 is 10.5 Å². The van der Waals surface area contributed by atoms with Crippen LogP contribution in [-0.2, 0) is 16.0 Å². The Morgan fingerprint density at radius 1 is 1.35 bits per heavy atom. The number of benzene rings is 1. The number of hydrogen-bond acceptors (Lipinski definition) is 3. The number of carbonyl (C=O) groups excluding carboxylic acids is 2. The first kappa shape index (κ1) is 15.4. The van der Waals surface area contributed by atoms with Crippen molar-refractivity contribution in [3.05, 3.63) is 30.0 Å². The van der Waals surface area contributed by atoms with Crippen molar-refractivity contribution in [2.75, 3.05) is 20.2 Å². The second kappa shape index (κ2) is 6.32. The standard InChI is InChI=1S/C17H21N3O3/c1-23-13-2-3-15-14(9-13)12(10-19-15)8-16(21)20-6-4-11(5-7-20)17(18)22/h2-3,9-11,19H,4-8H2,1H3,(H2,18,22). The molecule has 0 atom stereocenters. The topological polar surface area (TPSA) is 88.4 Å².